The largest absolute Gasteiger partial charge is 1.00 e. The maximum absolute atomic E-state index is 12.6. The number of urea groups is 1. The molecule has 2 aromatic carbocycles. The number of benzene rings is 2. The minimum Gasteiger partial charge on any atom is -1.00 e. The summed E-state index contributed by atoms with van der Waals surface area (Å²) in [5.74, 6) is 0.0656. The molecule has 1 aromatic heterocycles. The summed E-state index contributed by atoms with van der Waals surface area (Å²) in [5.41, 5.74) is -0.00285. The Morgan fingerprint density at radius 1 is 1.11 bits per heavy atom. The molecule has 4 N–H and O–H groups in total. The molecule has 11 heteroatoms. The number of methoxy groups -OCH3 is 1. The van der Waals surface area contributed by atoms with Crippen LogP contribution in [0, 0.1) is 6.92 Å². The molecule has 1 heterocycles. The number of carbonyl (C=O) groups is 2. The number of aromatic hydroxyl groups is 1. The summed E-state index contributed by atoms with van der Waals surface area (Å²) in [7, 11) is 3.02. The summed E-state index contributed by atoms with van der Waals surface area (Å²) >= 11 is 0. The molecule has 1 unspecified atom stereocenters. The van der Waals surface area contributed by atoms with Gasteiger partial charge in [-0.3, -0.25) is 9.59 Å². The number of nitrogens with one attached hydrogen (secondary N) is 2. The van der Waals surface area contributed by atoms with E-state index in [9.17, 15) is 24.6 Å². The van der Waals surface area contributed by atoms with E-state index in [0.717, 1.165) is 0 Å². The van der Waals surface area contributed by atoms with E-state index in [1.54, 1.807) is 49.4 Å². The van der Waals surface area contributed by atoms with Crippen molar-refractivity contribution in [1.82, 2.24) is 9.88 Å². The Bertz CT molecular complexity index is 1270. The van der Waals surface area contributed by atoms with Crippen LogP contribution in [0.1, 0.15) is 25.0 Å². The fourth-order valence-electron chi connectivity index (χ4n) is 3.33. The predicted octanol–water partition coefficient (Wildman–Crippen LogP) is 0.654. The smallest absolute Gasteiger partial charge is 1.00 e. The normalized spacial score (nSPS) is 11.1. The Labute approximate surface area is 225 Å². The number of carbonyl (C=O) groups excluding carboxylic acids is 1. The second-order valence-corrected chi connectivity index (χ2v) is 7.52. The molecule has 1 atom stereocenters. The third-order valence-corrected chi connectivity index (χ3v) is 5.03. The maximum atomic E-state index is 12.6. The van der Waals surface area contributed by atoms with E-state index < -0.39 is 30.0 Å². The average molecular weight is 491 g/mol. The Morgan fingerprint density at radius 2 is 1.74 bits per heavy atom. The van der Waals surface area contributed by atoms with Crippen LogP contribution in [0.5, 0.6) is 23.0 Å². The summed E-state index contributed by atoms with van der Waals surface area (Å²) < 4.78 is 12.3. The molecular weight excluding hydrogens is 465 g/mol. The van der Waals surface area contributed by atoms with E-state index in [1.165, 1.54) is 24.9 Å². The van der Waals surface area contributed by atoms with Gasteiger partial charge < -0.3 is 36.3 Å². The number of hydrogen-bond acceptors (Lipinski definition) is 6. The monoisotopic (exact) mass is 491 g/mol. The van der Waals surface area contributed by atoms with Crippen LogP contribution in [0.2, 0.25) is 0 Å². The van der Waals surface area contributed by atoms with Crippen molar-refractivity contribution in [3.05, 3.63) is 76.2 Å². The van der Waals surface area contributed by atoms with E-state index in [1.807, 2.05) is 6.07 Å². The summed E-state index contributed by atoms with van der Waals surface area (Å²) in [4.78, 5) is 36.3. The zero-order valence-electron chi connectivity index (χ0n) is 20.9. The maximum Gasteiger partial charge on any atom is 1.00 e. The molecule has 0 aliphatic carbocycles. The number of nitrogens with zero attached hydrogens (tertiary/aromatic N) is 1. The van der Waals surface area contributed by atoms with Gasteiger partial charge >= 0.3 is 41.6 Å². The Balaban J connectivity index is 0.00000324. The van der Waals surface area contributed by atoms with Crippen molar-refractivity contribution in [2.75, 3.05) is 12.4 Å². The summed E-state index contributed by atoms with van der Waals surface area (Å²) in [6, 6.07) is 11.9. The third-order valence-electron chi connectivity index (χ3n) is 5.03. The third kappa shape index (κ3) is 7.01. The average Bonchev–Trinajstić information content (AvgIpc) is 2.81. The Hall–Kier alpha value is -3.47. The van der Waals surface area contributed by atoms with Crippen LogP contribution >= 0.6 is 0 Å². The van der Waals surface area contributed by atoms with E-state index in [4.69, 9.17) is 9.47 Å². The number of rotatable bonds is 8. The van der Waals surface area contributed by atoms with Crippen molar-refractivity contribution in [3.63, 3.8) is 0 Å². The van der Waals surface area contributed by atoms with Gasteiger partial charge in [-0.25, -0.2) is 4.79 Å². The summed E-state index contributed by atoms with van der Waals surface area (Å²) in [6.45, 7) is 1.58. The summed E-state index contributed by atoms with van der Waals surface area (Å²) in [5, 5.41) is 24.3. The van der Waals surface area contributed by atoms with E-state index in [-0.39, 0.29) is 42.4 Å². The first-order valence-electron chi connectivity index (χ1n) is 10.3. The first kappa shape index (κ1) is 27.8. The quantitative estimate of drug-likeness (QED) is 0.340. The van der Waals surface area contributed by atoms with Crippen molar-refractivity contribution in [2.24, 2.45) is 7.05 Å². The first-order chi connectivity index (χ1) is 16.2. The molecule has 180 valence electrons. The van der Waals surface area contributed by atoms with Crippen molar-refractivity contribution in [2.45, 2.75) is 19.4 Å². The van der Waals surface area contributed by atoms with Crippen molar-refractivity contribution < 1.29 is 60.3 Å². The second kappa shape index (κ2) is 12.3. The van der Waals surface area contributed by atoms with Crippen LogP contribution in [0.15, 0.2) is 59.5 Å². The standard InChI is InChI=1S/C24H25N3O7.Na.H/c1-14-13-27(2)23(31)21(22(14)30)26-24(32)25-17(12-20(28)29)15-8-10-16(11-9-15)34-19-7-5-4-6-18(19)33-3;;/h4-11,13,17,30H,12H2,1-3H3,(H,28,29)(H2,25,26,32);;/q;+1;-1. The Morgan fingerprint density at radius 3 is 2.34 bits per heavy atom. The minimum atomic E-state index is -1.13. The first-order valence-corrected chi connectivity index (χ1v) is 10.3. The number of hydrogen-bond donors (Lipinski definition) is 4. The molecule has 10 nitrogen and oxygen atoms in total. The molecule has 0 fully saturated rings. The zero-order chi connectivity index (χ0) is 24.8. The number of carboxylic acids is 1. The molecule has 0 aliphatic rings. The number of anilines is 1. The van der Waals surface area contributed by atoms with E-state index >= 15 is 0 Å². The van der Waals surface area contributed by atoms with Gasteiger partial charge in [-0.1, -0.05) is 24.3 Å². The predicted molar refractivity (Wildman–Crippen MR) is 126 cm³/mol. The van der Waals surface area contributed by atoms with Gasteiger partial charge in [0.1, 0.15) is 11.5 Å². The number of aromatic nitrogens is 1. The zero-order valence-corrected chi connectivity index (χ0v) is 21.9. The van der Waals surface area contributed by atoms with Crippen molar-refractivity contribution in [3.8, 4) is 23.0 Å². The van der Waals surface area contributed by atoms with Gasteiger partial charge in [0, 0.05) is 18.8 Å². The van der Waals surface area contributed by atoms with Gasteiger partial charge in [-0.05, 0) is 36.8 Å². The topological polar surface area (TPSA) is 139 Å². The number of carboxylic acid groups (broad SMARTS) is 1. The van der Waals surface area contributed by atoms with E-state index in [2.05, 4.69) is 10.6 Å². The van der Waals surface area contributed by atoms with Gasteiger partial charge in [0.15, 0.2) is 17.2 Å². The number of ether oxygens (including phenoxy) is 2. The number of amides is 2. The van der Waals surface area contributed by atoms with Gasteiger partial charge in [0.25, 0.3) is 5.56 Å². The molecule has 0 aliphatic heterocycles. The number of aliphatic carboxylic acids is 1. The second-order valence-electron chi connectivity index (χ2n) is 7.52. The molecule has 3 rings (SSSR count). The molecule has 0 saturated carbocycles. The molecule has 2 amide bonds. The van der Waals surface area contributed by atoms with Crippen LogP contribution in [-0.4, -0.2) is 33.9 Å². The molecule has 0 bridgehead atoms. The number of aryl methyl sites for hydroxylation is 2. The van der Waals surface area contributed by atoms with Gasteiger partial charge in [0.05, 0.1) is 19.6 Å². The Kier molecular flexibility index (Phi) is 9.76. The minimum absolute atomic E-state index is 0. The number of para-hydroxylation sites is 2. The summed E-state index contributed by atoms with van der Waals surface area (Å²) in [6.07, 6.45) is 1.03. The van der Waals surface area contributed by atoms with Crippen molar-refractivity contribution in [1.29, 1.82) is 0 Å². The van der Waals surface area contributed by atoms with Gasteiger partial charge in [0.2, 0.25) is 0 Å². The van der Waals surface area contributed by atoms with E-state index in [0.29, 0.717) is 28.4 Å². The fourth-order valence-corrected chi connectivity index (χ4v) is 3.33. The number of pyridine rings is 1. The van der Waals surface area contributed by atoms with Crippen LogP contribution in [-0.2, 0) is 11.8 Å². The molecule has 35 heavy (non-hydrogen) atoms. The molecular formula is C24H26N3NaO7. The van der Waals surface area contributed by atoms with Crippen molar-refractivity contribution >= 4 is 17.7 Å². The van der Waals surface area contributed by atoms with Gasteiger partial charge in [-0.2, -0.15) is 0 Å². The fraction of sp³-hybridized carbons (Fsp3) is 0.208. The van der Waals surface area contributed by atoms with Gasteiger partial charge in [-0.15, -0.1) is 0 Å². The van der Waals surface area contributed by atoms with Crippen LogP contribution in [0.3, 0.4) is 0 Å². The molecule has 0 saturated heterocycles. The van der Waals surface area contributed by atoms with Crippen LogP contribution < -0.4 is 55.2 Å². The molecule has 0 radical (unpaired) electrons. The van der Waals surface area contributed by atoms with Crippen LogP contribution in [0.4, 0.5) is 10.5 Å². The van der Waals surface area contributed by atoms with Crippen LogP contribution in [0.25, 0.3) is 0 Å². The SMILES string of the molecule is COc1ccccc1Oc1ccc(C(CC(=O)O)NC(=O)Nc2c(O)c(C)cn(C)c2=O)cc1.[H-].[Na+]. The molecule has 0 spiro atoms. The molecule has 3 aromatic rings.